The van der Waals surface area contributed by atoms with Gasteiger partial charge in [0.2, 0.25) is 0 Å². The molecule has 1 aliphatic carbocycles. The quantitative estimate of drug-likeness (QED) is 0.378. The van der Waals surface area contributed by atoms with Crippen LogP contribution in [0.4, 0.5) is 19.4 Å². The summed E-state index contributed by atoms with van der Waals surface area (Å²) in [5.74, 6) is 6.92. The number of hydrogen-bond acceptors (Lipinski definition) is 0. The molecule has 6 heteroatoms. The van der Waals surface area contributed by atoms with E-state index in [2.05, 4.69) is 18.8 Å². The van der Waals surface area contributed by atoms with Gasteiger partial charge < -0.3 is 0 Å². The van der Waals surface area contributed by atoms with Crippen LogP contribution in [0.5, 0.6) is 0 Å². The fourth-order valence-corrected chi connectivity index (χ4v) is 3.72. The molecule has 0 saturated heterocycles. The standard InChI is InChI=1S/C18H23F5S/c1-2-3-4-15-5-7-16(8-6-15)9-10-17-11-13-18(14-12-17)24(19,20,21,22)23/h11-16H,2-8H2,1H3/t15-,16-. The minimum Gasteiger partial charge on any atom is -0.0945 e. The fourth-order valence-electron chi connectivity index (χ4n) is 3.07. The van der Waals surface area contributed by atoms with E-state index < -0.39 is 15.1 Å². The predicted molar refractivity (Wildman–Crippen MR) is 89.7 cm³/mol. The third-order valence-electron chi connectivity index (χ3n) is 4.53. The average molecular weight is 366 g/mol. The first-order chi connectivity index (χ1) is 11.0. The van der Waals surface area contributed by atoms with Gasteiger partial charge in [0.1, 0.15) is 4.90 Å². The topological polar surface area (TPSA) is 0 Å². The lowest BCUT2D eigenvalue weighted by Gasteiger charge is -2.40. The number of benzene rings is 1. The van der Waals surface area contributed by atoms with Crippen LogP contribution in [0.1, 0.15) is 57.4 Å². The Morgan fingerprint density at radius 2 is 1.54 bits per heavy atom. The second kappa shape index (κ2) is 6.25. The summed E-state index contributed by atoms with van der Waals surface area (Å²) >= 11 is 0. The van der Waals surface area contributed by atoms with Crippen molar-refractivity contribution in [3.63, 3.8) is 0 Å². The Bertz CT molecular complexity index is 613. The van der Waals surface area contributed by atoms with Crippen LogP contribution in [0, 0.1) is 23.7 Å². The molecular weight excluding hydrogens is 343 g/mol. The van der Waals surface area contributed by atoms with Gasteiger partial charge in [-0.1, -0.05) is 57.5 Å². The number of rotatable bonds is 4. The maximum Gasteiger partial charge on any atom is 0.310 e. The molecule has 2 rings (SSSR count). The zero-order valence-electron chi connectivity index (χ0n) is 13.7. The van der Waals surface area contributed by atoms with E-state index in [1.165, 1.54) is 19.3 Å². The molecule has 0 radical (unpaired) electrons. The SMILES string of the molecule is CCCC[C@H]1CC[C@H](C#Cc2ccc(S(F)(F)(F)(F)F)cc2)CC1. The first-order valence-corrected chi connectivity index (χ1v) is 10.3. The maximum atomic E-state index is 12.6. The van der Waals surface area contributed by atoms with E-state index in [1.54, 1.807) is 0 Å². The van der Waals surface area contributed by atoms with Crippen molar-refractivity contribution in [2.75, 3.05) is 0 Å². The highest BCUT2D eigenvalue weighted by molar-refractivity contribution is 8.45. The van der Waals surface area contributed by atoms with Crippen molar-refractivity contribution in [1.29, 1.82) is 0 Å². The van der Waals surface area contributed by atoms with Crippen LogP contribution < -0.4 is 0 Å². The summed E-state index contributed by atoms with van der Waals surface area (Å²) in [6.07, 6.45) is 8.00. The highest BCUT2D eigenvalue weighted by atomic mass is 32.5. The zero-order valence-corrected chi connectivity index (χ0v) is 14.5. The van der Waals surface area contributed by atoms with Gasteiger partial charge in [-0.05, 0) is 55.9 Å². The summed E-state index contributed by atoms with van der Waals surface area (Å²) in [5.41, 5.74) is 0.341. The van der Waals surface area contributed by atoms with Crippen molar-refractivity contribution < 1.29 is 19.4 Å². The maximum absolute atomic E-state index is 12.6. The van der Waals surface area contributed by atoms with Gasteiger partial charge in [0, 0.05) is 11.5 Å². The summed E-state index contributed by atoms with van der Waals surface area (Å²) in [4.78, 5) is -1.86. The van der Waals surface area contributed by atoms with Gasteiger partial charge in [-0.25, -0.2) is 0 Å². The molecule has 1 aromatic rings. The van der Waals surface area contributed by atoms with Gasteiger partial charge in [-0.2, -0.15) is 0 Å². The van der Waals surface area contributed by atoms with Crippen molar-refractivity contribution in [1.82, 2.24) is 0 Å². The summed E-state index contributed by atoms with van der Waals surface area (Å²) < 4.78 is 63.2. The molecule has 0 N–H and O–H groups in total. The first kappa shape index (κ1) is 19.1. The highest BCUT2D eigenvalue weighted by Crippen LogP contribution is 3.02. The molecule has 1 aliphatic rings. The number of halogens is 5. The van der Waals surface area contributed by atoms with Crippen LogP contribution in [0.25, 0.3) is 0 Å². The van der Waals surface area contributed by atoms with Gasteiger partial charge in [-0.15, -0.1) is 0 Å². The number of hydrogen-bond donors (Lipinski definition) is 0. The van der Waals surface area contributed by atoms with Crippen LogP contribution in [-0.2, 0) is 0 Å². The minimum atomic E-state index is -9.58. The Labute approximate surface area is 140 Å². The average Bonchev–Trinajstić information content (AvgIpc) is 2.50. The molecule has 0 nitrogen and oxygen atoms in total. The van der Waals surface area contributed by atoms with E-state index in [0.29, 0.717) is 17.7 Å². The van der Waals surface area contributed by atoms with Gasteiger partial charge in [-0.3, -0.25) is 0 Å². The largest absolute Gasteiger partial charge is 0.310 e. The second-order valence-electron chi connectivity index (χ2n) is 6.62. The molecule has 0 atom stereocenters. The summed E-state index contributed by atoms with van der Waals surface area (Å²) in [7, 11) is -9.58. The van der Waals surface area contributed by atoms with E-state index in [0.717, 1.165) is 43.7 Å². The van der Waals surface area contributed by atoms with Crippen LogP contribution in [-0.4, -0.2) is 0 Å². The van der Waals surface area contributed by atoms with E-state index in [4.69, 9.17) is 0 Å². The predicted octanol–water partition coefficient (Wildman–Crippen LogP) is 7.69. The van der Waals surface area contributed by atoms with E-state index in [1.807, 2.05) is 0 Å². The normalized spacial score (nSPS) is 24.4. The van der Waals surface area contributed by atoms with Gasteiger partial charge in [0.15, 0.2) is 0 Å². The van der Waals surface area contributed by atoms with Crippen molar-refractivity contribution in [2.24, 2.45) is 11.8 Å². The Morgan fingerprint density at radius 3 is 2.04 bits per heavy atom. The highest BCUT2D eigenvalue weighted by Gasteiger charge is 2.65. The van der Waals surface area contributed by atoms with E-state index >= 15 is 0 Å². The van der Waals surface area contributed by atoms with Crippen molar-refractivity contribution in [2.45, 2.75) is 56.8 Å². The molecule has 1 aromatic carbocycles. The number of unbranched alkanes of at least 4 members (excludes halogenated alkanes) is 1. The smallest absolute Gasteiger partial charge is 0.0945 e. The van der Waals surface area contributed by atoms with Crippen LogP contribution >= 0.6 is 10.2 Å². The molecule has 0 amide bonds. The minimum absolute atomic E-state index is 0.248. The molecule has 0 aliphatic heterocycles. The van der Waals surface area contributed by atoms with Crippen LogP contribution in [0.2, 0.25) is 0 Å². The van der Waals surface area contributed by atoms with Crippen molar-refractivity contribution in [3.8, 4) is 11.8 Å². The van der Waals surface area contributed by atoms with Gasteiger partial charge in [0.25, 0.3) is 0 Å². The Morgan fingerprint density at radius 1 is 0.958 bits per heavy atom. The molecular formula is C18H23F5S. The molecule has 1 fully saturated rings. The van der Waals surface area contributed by atoms with Crippen molar-refractivity contribution >= 4 is 10.2 Å². The van der Waals surface area contributed by atoms with Crippen molar-refractivity contribution in [3.05, 3.63) is 29.8 Å². The molecule has 0 unspecified atom stereocenters. The van der Waals surface area contributed by atoms with E-state index in [9.17, 15) is 19.4 Å². The third-order valence-corrected chi connectivity index (χ3v) is 5.70. The van der Waals surface area contributed by atoms with Crippen LogP contribution in [0.3, 0.4) is 0 Å². The van der Waals surface area contributed by atoms with Gasteiger partial charge in [0.05, 0.1) is 0 Å². The molecule has 1 saturated carbocycles. The Kier molecular flexibility index (Phi) is 4.98. The third kappa shape index (κ3) is 5.70. The van der Waals surface area contributed by atoms with Gasteiger partial charge >= 0.3 is 10.2 Å². The summed E-state index contributed by atoms with van der Waals surface area (Å²) in [6.45, 7) is 2.18. The summed E-state index contributed by atoms with van der Waals surface area (Å²) in [5, 5.41) is 0. The summed E-state index contributed by atoms with van der Waals surface area (Å²) in [6, 6.07) is 2.89. The Balaban J connectivity index is 1.96. The molecule has 136 valence electrons. The van der Waals surface area contributed by atoms with Crippen LogP contribution in [0.15, 0.2) is 29.2 Å². The molecule has 24 heavy (non-hydrogen) atoms. The van der Waals surface area contributed by atoms with E-state index in [-0.39, 0.29) is 5.92 Å². The lowest BCUT2D eigenvalue weighted by molar-refractivity contribution is 0.296. The lowest BCUT2D eigenvalue weighted by atomic mass is 9.80. The molecule has 0 aromatic heterocycles. The lowest BCUT2D eigenvalue weighted by Crippen LogP contribution is -2.13. The Hall–Kier alpha value is -1.22. The molecule has 0 heterocycles. The second-order valence-corrected chi connectivity index (χ2v) is 9.03. The first-order valence-electron chi connectivity index (χ1n) is 8.33. The molecule has 0 spiro atoms. The zero-order chi connectivity index (χ0) is 17.9. The monoisotopic (exact) mass is 366 g/mol. The molecule has 0 bridgehead atoms. The fraction of sp³-hybridized carbons (Fsp3) is 0.556.